The summed E-state index contributed by atoms with van der Waals surface area (Å²) >= 11 is -0.704. The maximum atomic E-state index is 13.0. The molecular weight excluding hydrogens is 318 g/mol. The van der Waals surface area contributed by atoms with Gasteiger partial charge in [0.25, 0.3) is 0 Å². The van der Waals surface area contributed by atoms with Gasteiger partial charge in [-0.1, -0.05) is 0 Å². The van der Waals surface area contributed by atoms with Crippen molar-refractivity contribution >= 4 is 19.8 Å². The zero-order valence-electron chi connectivity index (χ0n) is 9.57. The summed E-state index contributed by atoms with van der Waals surface area (Å²) in [4.78, 5) is 0. The van der Waals surface area contributed by atoms with Crippen molar-refractivity contribution in [3.8, 4) is 0 Å². The third kappa shape index (κ3) is 2.14. The first-order chi connectivity index (χ1) is 7.61. The van der Waals surface area contributed by atoms with Gasteiger partial charge in [-0.05, 0) is 0 Å². The Labute approximate surface area is 104 Å². The van der Waals surface area contributed by atoms with E-state index in [9.17, 15) is 4.39 Å². The number of halogens is 2. The second kappa shape index (κ2) is 4.64. The molecule has 2 heterocycles. The Kier molecular flexibility index (Phi) is 3.59. The van der Waals surface area contributed by atoms with Crippen molar-refractivity contribution in [1.82, 2.24) is 0 Å². The molecule has 0 amide bonds. The van der Waals surface area contributed by atoms with Gasteiger partial charge in [0.1, 0.15) is 0 Å². The van der Waals surface area contributed by atoms with Gasteiger partial charge in [0.05, 0.1) is 0 Å². The van der Waals surface area contributed by atoms with Gasteiger partial charge in [-0.2, -0.15) is 0 Å². The molecule has 0 radical (unpaired) electrons. The summed E-state index contributed by atoms with van der Waals surface area (Å²) in [7, 11) is 0. The number of allylic oxidation sites excluding steroid dienone is 2. The van der Waals surface area contributed by atoms with E-state index in [-0.39, 0.29) is 18.5 Å². The van der Waals surface area contributed by atoms with Crippen molar-refractivity contribution in [1.29, 1.82) is 0 Å². The predicted molar refractivity (Wildman–Crippen MR) is 75.3 cm³/mol. The van der Waals surface area contributed by atoms with Gasteiger partial charge in [-0.25, -0.2) is 0 Å². The van der Waals surface area contributed by atoms with E-state index in [0.29, 0.717) is 4.05 Å². The average molecular weight is 338 g/mol. The first-order valence-electron chi connectivity index (χ1n) is 5.62. The Bertz CT molecular complexity index is 308. The molecule has 4 N–H and O–H groups in total. The third-order valence-corrected chi connectivity index (χ3v) is 10.8. The number of hydrogen-bond acceptors (Lipinski definition) is 2. The van der Waals surface area contributed by atoms with Crippen molar-refractivity contribution in [2.45, 2.75) is 25.2 Å². The summed E-state index contributed by atoms with van der Waals surface area (Å²) in [5.41, 5.74) is 12.3. The van der Waals surface area contributed by atoms with Crippen molar-refractivity contribution in [3.05, 3.63) is 24.4 Å². The number of nitrogens with two attached hydrogens (primary N) is 2. The van der Waals surface area contributed by atoms with Crippen LogP contribution < -0.4 is 11.5 Å². The van der Waals surface area contributed by atoms with Crippen LogP contribution >= 0.6 is 19.8 Å². The third-order valence-electron chi connectivity index (χ3n) is 3.59. The van der Waals surface area contributed by atoms with Crippen LogP contribution in [0.5, 0.6) is 0 Å². The second-order valence-electron chi connectivity index (χ2n) is 4.67. The fraction of sp³-hybridized carbons (Fsp3) is 0.667. The van der Waals surface area contributed by atoms with Crippen molar-refractivity contribution in [3.63, 3.8) is 0 Å². The summed E-state index contributed by atoms with van der Waals surface area (Å²) in [6, 6.07) is 0. The predicted octanol–water partition coefficient (Wildman–Crippen LogP) is 2.18. The maximum absolute atomic E-state index is 13.0. The van der Waals surface area contributed by atoms with Crippen LogP contribution in [-0.2, 0) is 0 Å². The van der Waals surface area contributed by atoms with Gasteiger partial charge in [-0.15, -0.1) is 0 Å². The molecule has 92 valence electrons. The SMILES string of the molecule is C=C(C)[C@@H](C[C@H]1C2[C@H](N)I21)C(/C=C\N)CF. The molecule has 0 aromatic carbocycles. The molecule has 0 aliphatic carbocycles. The van der Waals surface area contributed by atoms with Crippen molar-refractivity contribution in [2.24, 2.45) is 23.3 Å². The molecule has 0 saturated carbocycles. The molecule has 0 spiro atoms. The topological polar surface area (TPSA) is 52.0 Å². The van der Waals surface area contributed by atoms with Crippen LogP contribution in [0.4, 0.5) is 4.39 Å². The molecule has 2 saturated heterocycles. The Morgan fingerprint density at radius 3 is 2.62 bits per heavy atom. The normalized spacial score (nSPS) is 36.9. The fourth-order valence-electron chi connectivity index (χ4n) is 2.46. The molecule has 4 heteroatoms. The molecule has 0 aromatic rings. The molecule has 5 atom stereocenters. The minimum absolute atomic E-state index is 0.0872. The first-order valence-corrected chi connectivity index (χ1v) is 9.36. The Hall–Kier alpha value is -0.100. The summed E-state index contributed by atoms with van der Waals surface area (Å²) < 4.78 is 15.3. The van der Waals surface area contributed by atoms with Crippen LogP contribution in [-0.4, -0.2) is 18.6 Å². The van der Waals surface area contributed by atoms with Crippen LogP contribution in [0.25, 0.3) is 0 Å². The molecule has 16 heavy (non-hydrogen) atoms. The summed E-state index contributed by atoms with van der Waals surface area (Å²) in [6.45, 7) is 5.64. The molecule has 2 aliphatic heterocycles. The van der Waals surface area contributed by atoms with Gasteiger partial charge in [0, 0.05) is 0 Å². The molecule has 2 nitrogen and oxygen atoms in total. The van der Waals surface area contributed by atoms with Gasteiger partial charge >= 0.3 is 104 Å². The molecule has 2 unspecified atom stereocenters. The van der Waals surface area contributed by atoms with E-state index in [4.69, 9.17) is 11.5 Å². The number of alkyl halides is 4. The van der Waals surface area contributed by atoms with Crippen LogP contribution in [0.15, 0.2) is 24.4 Å². The van der Waals surface area contributed by atoms with E-state index in [2.05, 4.69) is 6.58 Å². The Balaban J connectivity index is 1.91. The molecule has 0 aromatic heterocycles. The van der Waals surface area contributed by atoms with Crippen molar-refractivity contribution < 1.29 is 4.39 Å². The summed E-state index contributed by atoms with van der Waals surface area (Å²) in [5, 5.41) is 0. The first kappa shape index (κ1) is 12.4. The van der Waals surface area contributed by atoms with Crippen LogP contribution in [0.1, 0.15) is 13.3 Å². The summed E-state index contributed by atoms with van der Waals surface area (Å²) in [6.07, 6.45) is 4.33. The van der Waals surface area contributed by atoms with E-state index in [0.717, 1.165) is 19.8 Å². The van der Waals surface area contributed by atoms with Gasteiger partial charge < -0.3 is 0 Å². The monoisotopic (exact) mass is 338 g/mol. The van der Waals surface area contributed by atoms with E-state index < -0.39 is 19.8 Å². The number of fused-ring (bicyclic) bond motifs is 1. The summed E-state index contributed by atoms with van der Waals surface area (Å²) in [5.74, 6) is 0.169. The van der Waals surface area contributed by atoms with E-state index >= 15 is 0 Å². The van der Waals surface area contributed by atoms with Crippen LogP contribution in [0, 0.1) is 11.8 Å². The van der Waals surface area contributed by atoms with E-state index in [1.807, 2.05) is 6.92 Å². The quantitative estimate of drug-likeness (QED) is 0.338. The number of hydrogen-bond donors (Lipinski definition) is 2. The van der Waals surface area contributed by atoms with Gasteiger partial charge in [0.15, 0.2) is 0 Å². The Morgan fingerprint density at radius 2 is 2.25 bits per heavy atom. The molecule has 0 bridgehead atoms. The molecule has 2 fully saturated rings. The molecular formula is C12H20FIN2. The van der Waals surface area contributed by atoms with E-state index in [1.54, 1.807) is 6.08 Å². The average Bonchev–Trinajstić information content (AvgIpc) is 3.12. The minimum atomic E-state index is -0.704. The zero-order valence-corrected chi connectivity index (χ0v) is 11.7. The van der Waals surface area contributed by atoms with Gasteiger partial charge in [0.2, 0.25) is 0 Å². The Morgan fingerprint density at radius 1 is 1.62 bits per heavy atom. The van der Waals surface area contributed by atoms with Crippen LogP contribution in [0.2, 0.25) is 0 Å². The van der Waals surface area contributed by atoms with Crippen LogP contribution in [0.3, 0.4) is 0 Å². The second-order valence-corrected chi connectivity index (χ2v) is 11.3. The zero-order chi connectivity index (χ0) is 11.9. The van der Waals surface area contributed by atoms with Gasteiger partial charge in [-0.3, -0.25) is 0 Å². The fourth-order valence-corrected chi connectivity index (χ4v) is 10.2. The van der Waals surface area contributed by atoms with Crippen molar-refractivity contribution in [2.75, 3.05) is 6.67 Å². The standard InChI is InChI=1S/C12H20FIN2/c1-7(2)9(8(6-13)3-4-15)5-10-11-12(16)14(10)11/h3-4,8-12H,1,5-6,15-16H2,2H3/b4-3-/t8?,9-,10+,11?,12+/m1/s1. The molecule has 2 rings (SSSR count). The molecule has 2 aliphatic rings. The van der Waals surface area contributed by atoms with E-state index in [1.165, 1.54) is 6.20 Å². The number of rotatable bonds is 6.